The van der Waals surface area contributed by atoms with Crippen LogP contribution in [-0.4, -0.2) is 5.33 Å². The molecule has 0 bridgehead atoms. The Kier molecular flexibility index (Phi) is 5.95. The minimum Gasteiger partial charge on any atom is -0.0925 e. The highest BCUT2D eigenvalue weighted by molar-refractivity contribution is 9.09. The molecule has 0 spiro atoms. The van der Waals surface area contributed by atoms with E-state index < -0.39 is 0 Å². The standard InChI is InChI=1S/C7H15Br/c1-3-4-5-7(2)6-8/h7H,3-6H2,1-2H3/t7-/m0/s1. The second-order valence-corrected chi connectivity index (χ2v) is 3.05. The van der Waals surface area contributed by atoms with Crippen molar-refractivity contribution in [1.82, 2.24) is 0 Å². The molecule has 0 saturated heterocycles. The van der Waals surface area contributed by atoms with Gasteiger partial charge in [0.1, 0.15) is 0 Å². The lowest BCUT2D eigenvalue weighted by molar-refractivity contribution is 0.560. The maximum absolute atomic E-state index is 3.44. The summed E-state index contributed by atoms with van der Waals surface area (Å²) >= 11 is 3.44. The molecule has 0 aromatic rings. The molecular weight excluding hydrogens is 164 g/mol. The van der Waals surface area contributed by atoms with Gasteiger partial charge in [0.2, 0.25) is 0 Å². The quantitative estimate of drug-likeness (QED) is 0.581. The van der Waals surface area contributed by atoms with Crippen LogP contribution in [-0.2, 0) is 0 Å². The molecule has 0 heterocycles. The van der Waals surface area contributed by atoms with Crippen molar-refractivity contribution in [2.24, 2.45) is 5.92 Å². The van der Waals surface area contributed by atoms with Gasteiger partial charge in [-0.15, -0.1) is 0 Å². The number of halogens is 1. The molecule has 0 rings (SSSR count). The Labute approximate surface area is 60.8 Å². The lowest BCUT2D eigenvalue weighted by Crippen LogP contribution is -1.93. The van der Waals surface area contributed by atoms with E-state index in [9.17, 15) is 0 Å². The zero-order valence-corrected chi connectivity index (χ0v) is 7.37. The van der Waals surface area contributed by atoms with E-state index >= 15 is 0 Å². The molecule has 8 heavy (non-hydrogen) atoms. The highest BCUT2D eigenvalue weighted by Crippen LogP contribution is 2.09. The zero-order valence-electron chi connectivity index (χ0n) is 5.78. The molecule has 0 N–H and O–H groups in total. The summed E-state index contributed by atoms with van der Waals surface area (Å²) in [4.78, 5) is 0. The molecule has 0 aromatic carbocycles. The first-order valence-electron chi connectivity index (χ1n) is 3.37. The smallest absolute Gasteiger partial charge is 0.00570 e. The van der Waals surface area contributed by atoms with E-state index in [1.165, 1.54) is 19.3 Å². The average Bonchev–Trinajstić information content (AvgIpc) is 1.83. The normalized spacial score (nSPS) is 13.9. The van der Waals surface area contributed by atoms with Gasteiger partial charge in [-0.3, -0.25) is 0 Å². The van der Waals surface area contributed by atoms with E-state index in [4.69, 9.17) is 0 Å². The third-order valence-corrected chi connectivity index (χ3v) is 2.42. The Morgan fingerprint density at radius 3 is 2.50 bits per heavy atom. The van der Waals surface area contributed by atoms with Crippen LogP contribution in [0.2, 0.25) is 0 Å². The molecule has 0 aromatic heterocycles. The van der Waals surface area contributed by atoms with Gasteiger partial charge in [-0.1, -0.05) is 42.6 Å². The van der Waals surface area contributed by atoms with Crippen molar-refractivity contribution < 1.29 is 0 Å². The predicted molar refractivity (Wildman–Crippen MR) is 42.5 cm³/mol. The first kappa shape index (κ1) is 8.48. The first-order chi connectivity index (χ1) is 3.81. The van der Waals surface area contributed by atoms with Gasteiger partial charge in [0.15, 0.2) is 0 Å². The molecule has 0 aliphatic heterocycles. The van der Waals surface area contributed by atoms with E-state index in [1.807, 2.05) is 0 Å². The summed E-state index contributed by atoms with van der Waals surface area (Å²) in [6.45, 7) is 4.52. The number of hydrogen-bond donors (Lipinski definition) is 0. The lowest BCUT2D eigenvalue weighted by atomic mass is 10.1. The van der Waals surface area contributed by atoms with Gasteiger partial charge in [-0.25, -0.2) is 0 Å². The van der Waals surface area contributed by atoms with Gasteiger partial charge in [0.25, 0.3) is 0 Å². The molecule has 0 nitrogen and oxygen atoms in total. The molecule has 50 valence electrons. The molecule has 0 unspecified atom stereocenters. The van der Waals surface area contributed by atoms with Gasteiger partial charge in [-0.05, 0) is 12.3 Å². The van der Waals surface area contributed by atoms with Gasteiger partial charge in [0, 0.05) is 5.33 Å². The zero-order chi connectivity index (χ0) is 6.41. The largest absolute Gasteiger partial charge is 0.0925 e. The predicted octanol–water partition coefficient (Wildman–Crippen LogP) is 3.21. The van der Waals surface area contributed by atoms with Crippen LogP contribution in [0.3, 0.4) is 0 Å². The summed E-state index contributed by atoms with van der Waals surface area (Å²) in [6.07, 6.45) is 4.09. The summed E-state index contributed by atoms with van der Waals surface area (Å²) in [6, 6.07) is 0. The van der Waals surface area contributed by atoms with E-state index in [-0.39, 0.29) is 0 Å². The van der Waals surface area contributed by atoms with Gasteiger partial charge < -0.3 is 0 Å². The van der Waals surface area contributed by atoms with Crippen LogP contribution in [0.5, 0.6) is 0 Å². The van der Waals surface area contributed by atoms with Crippen LogP contribution in [0.1, 0.15) is 33.1 Å². The van der Waals surface area contributed by atoms with Crippen molar-refractivity contribution >= 4 is 15.9 Å². The third-order valence-electron chi connectivity index (χ3n) is 1.31. The van der Waals surface area contributed by atoms with Gasteiger partial charge in [-0.2, -0.15) is 0 Å². The number of hydrogen-bond acceptors (Lipinski definition) is 0. The first-order valence-corrected chi connectivity index (χ1v) is 4.49. The van der Waals surface area contributed by atoms with Crippen molar-refractivity contribution in [2.75, 3.05) is 5.33 Å². The highest BCUT2D eigenvalue weighted by atomic mass is 79.9. The van der Waals surface area contributed by atoms with Crippen molar-refractivity contribution in [3.8, 4) is 0 Å². The molecule has 0 amide bonds. The minimum absolute atomic E-state index is 0.870. The summed E-state index contributed by atoms with van der Waals surface area (Å²) in [7, 11) is 0. The fourth-order valence-corrected chi connectivity index (χ4v) is 0.953. The van der Waals surface area contributed by atoms with E-state index in [0.717, 1.165) is 11.2 Å². The maximum Gasteiger partial charge on any atom is 0.00570 e. The molecule has 0 aliphatic carbocycles. The second-order valence-electron chi connectivity index (χ2n) is 2.40. The molecule has 1 heteroatoms. The molecule has 1 atom stereocenters. The van der Waals surface area contributed by atoms with Crippen molar-refractivity contribution in [3.05, 3.63) is 0 Å². The van der Waals surface area contributed by atoms with E-state index in [1.54, 1.807) is 0 Å². The Balaban J connectivity index is 2.86. The molecule has 0 fully saturated rings. The Bertz CT molecular complexity index is 43.7. The Hall–Kier alpha value is 0.480. The van der Waals surface area contributed by atoms with Gasteiger partial charge in [0.05, 0.1) is 0 Å². The molecule has 0 saturated carbocycles. The SMILES string of the molecule is CCCC[C@H](C)CBr. The van der Waals surface area contributed by atoms with Crippen LogP contribution >= 0.6 is 15.9 Å². The number of rotatable bonds is 4. The summed E-state index contributed by atoms with van der Waals surface area (Å²) in [5.41, 5.74) is 0. The Morgan fingerprint density at radius 1 is 1.50 bits per heavy atom. The molecule has 0 radical (unpaired) electrons. The molecule has 0 aliphatic rings. The summed E-state index contributed by atoms with van der Waals surface area (Å²) < 4.78 is 0. The third kappa shape index (κ3) is 4.63. The summed E-state index contributed by atoms with van der Waals surface area (Å²) in [5.74, 6) is 0.870. The fraction of sp³-hybridized carbons (Fsp3) is 1.00. The van der Waals surface area contributed by atoms with Crippen LogP contribution < -0.4 is 0 Å². The van der Waals surface area contributed by atoms with Crippen LogP contribution in [0.4, 0.5) is 0 Å². The minimum atomic E-state index is 0.870. The highest BCUT2D eigenvalue weighted by Gasteiger charge is 1.95. The fourth-order valence-electron chi connectivity index (χ4n) is 0.630. The lowest BCUT2D eigenvalue weighted by Gasteiger charge is -2.03. The number of unbranched alkanes of at least 4 members (excludes halogenated alkanes) is 1. The van der Waals surface area contributed by atoms with Crippen LogP contribution in [0, 0.1) is 5.92 Å². The number of alkyl halides is 1. The summed E-state index contributed by atoms with van der Waals surface area (Å²) in [5, 5.41) is 1.16. The van der Waals surface area contributed by atoms with E-state index in [0.29, 0.717) is 0 Å². The monoisotopic (exact) mass is 178 g/mol. The van der Waals surface area contributed by atoms with Crippen molar-refractivity contribution in [3.63, 3.8) is 0 Å². The van der Waals surface area contributed by atoms with Crippen LogP contribution in [0.25, 0.3) is 0 Å². The van der Waals surface area contributed by atoms with E-state index in [2.05, 4.69) is 29.8 Å². The maximum atomic E-state index is 3.44. The van der Waals surface area contributed by atoms with Crippen LogP contribution in [0.15, 0.2) is 0 Å². The van der Waals surface area contributed by atoms with Crippen molar-refractivity contribution in [2.45, 2.75) is 33.1 Å². The average molecular weight is 179 g/mol. The second kappa shape index (κ2) is 5.61. The van der Waals surface area contributed by atoms with Crippen molar-refractivity contribution in [1.29, 1.82) is 0 Å². The topological polar surface area (TPSA) is 0 Å². The Morgan fingerprint density at radius 2 is 2.12 bits per heavy atom. The molecular formula is C7H15Br. The van der Waals surface area contributed by atoms with Gasteiger partial charge >= 0.3 is 0 Å².